The van der Waals surface area contributed by atoms with Gasteiger partial charge in [0, 0.05) is 19.6 Å². The monoisotopic (exact) mass is 376 g/mol. The highest BCUT2D eigenvalue weighted by atomic mass is 35.5. The highest BCUT2D eigenvalue weighted by Crippen LogP contribution is 2.38. The van der Waals surface area contributed by atoms with Crippen LogP contribution in [-0.2, 0) is 0 Å². The Morgan fingerprint density at radius 3 is 2.56 bits per heavy atom. The van der Waals surface area contributed by atoms with E-state index in [2.05, 4.69) is 10.1 Å². The molecule has 1 spiro atoms. The molecule has 2 fully saturated rings. The van der Waals surface area contributed by atoms with E-state index in [1.54, 1.807) is 11.0 Å². The van der Waals surface area contributed by atoms with E-state index in [9.17, 15) is 13.6 Å². The molecule has 1 amide bonds. The molecule has 8 heteroatoms. The van der Waals surface area contributed by atoms with Crippen LogP contribution < -0.4 is 14.8 Å². The highest BCUT2D eigenvalue weighted by Gasteiger charge is 2.38. The van der Waals surface area contributed by atoms with Crippen molar-refractivity contribution in [3.05, 3.63) is 23.8 Å². The minimum atomic E-state index is -3.01. The van der Waals surface area contributed by atoms with Gasteiger partial charge < -0.3 is 19.7 Å². The number of para-hydroxylation sites is 1. The molecule has 140 valence electrons. The van der Waals surface area contributed by atoms with Gasteiger partial charge in [0.2, 0.25) is 0 Å². The smallest absolute Gasteiger partial charge is 0.387 e. The van der Waals surface area contributed by atoms with Gasteiger partial charge in [-0.3, -0.25) is 4.79 Å². The lowest BCUT2D eigenvalue weighted by molar-refractivity contribution is -0.0517. The topological polar surface area (TPSA) is 50.8 Å². The number of hydrogen-bond donors (Lipinski definition) is 1. The van der Waals surface area contributed by atoms with E-state index in [1.807, 2.05) is 0 Å². The van der Waals surface area contributed by atoms with E-state index in [1.165, 1.54) is 19.2 Å². The third-order valence-electron chi connectivity index (χ3n) is 5.08. The average molecular weight is 377 g/mol. The summed E-state index contributed by atoms with van der Waals surface area (Å²) in [6.45, 7) is 0.268. The zero-order chi connectivity index (χ0) is 17.2. The molecule has 0 bridgehead atoms. The van der Waals surface area contributed by atoms with Crippen LogP contribution in [0.25, 0.3) is 0 Å². The molecular weight excluding hydrogens is 354 g/mol. The summed E-state index contributed by atoms with van der Waals surface area (Å²) in [6, 6.07) is 4.62. The average Bonchev–Trinajstić information content (AvgIpc) is 3.03. The van der Waals surface area contributed by atoms with Gasteiger partial charge in [-0.15, -0.1) is 12.4 Å². The minimum Gasteiger partial charge on any atom is -0.493 e. The van der Waals surface area contributed by atoms with Crippen LogP contribution in [0.15, 0.2) is 18.2 Å². The molecule has 0 unspecified atom stereocenters. The number of carbonyl (C=O) groups is 1. The fourth-order valence-electron chi connectivity index (χ4n) is 3.63. The molecule has 0 aliphatic carbocycles. The molecule has 0 atom stereocenters. The Balaban J connectivity index is 0.00000225. The lowest BCUT2D eigenvalue weighted by atomic mass is 9.78. The van der Waals surface area contributed by atoms with Gasteiger partial charge in [0.25, 0.3) is 5.91 Å². The quantitative estimate of drug-likeness (QED) is 0.877. The molecule has 5 nitrogen and oxygen atoms in total. The van der Waals surface area contributed by atoms with Crippen molar-refractivity contribution in [1.29, 1.82) is 0 Å². The third-order valence-corrected chi connectivity index (χ3v) is 5.08. The fourth-order valence-corrected chi connectivity index (χ4v) is 3.63. The molecule has 0 aromatic heterocycles. The molecule has 0 saturated carbocycles. The maximum atomic E-state index is 12.8. The number of rotatable bonds is 4. The fraction of sp³-hybridized carbons (Fsp3) is 0.588. The van der Waals surface area contributed by atoms with E-state index in [0.29, 0.717) is 13.1 Å². The Morgan fingerprint density at radius 1 is 1.28 bits per heavy atom. The van der Waals surface area contributed by atoms with Crippen molar-refractivity contribution in [3.63, 3.8) is 0 Å². The maximum absolute atomic E-state index is 12.8. The number of benzene rings is 1. The predicted octanol–water partition coefficient (Wildman–Crippen LogP) is 2.93. The number of halogens is 3. The van der Waals surface area contributed by atoms with Crippen LogP contribution in [0.1, 0.15) is 29.6 Å². The van der Waals surface area contributed by atoms with Gasteiger partial charge >= 0.3 is 6.61 Å². The summed E-state index contributed by atoms with van der Waals surface area (Å²) < 4.78 is 35.0. The van der Waals surface area contributed by atoms with Gasteiger partial charge in [0.05, 0.1) is 12.7 Å². The number of ether oxygens (including phenoxy) is 2. The van der Waals surface area contributed by atoms with Crippen molar-refractivity contribution in [1.82, 2.24) is 10.2 Å². The number of nitrogens with one attached hydrogen (secondary N) is 1. The van der Waals surface area contributed by atoms with Crippen LogP contribution in [-0.4, -0.2) is 50.7 Å². The standard InChI is InChI=1S/C17H22F2N2O3.ClH/c1-23-13-4-2-3-12(14(13)24-16(18)19)15(22)21-9-6-17(7-10-21)5-8-20-11-17;/h2-4,16,20H,5-11H2,1H3;1H. The van der Waals surface area contributed by atoms with E-state index in [-0.39, 0.29) is 40.8 Å². The number of likely N-dealkylation sites (tertiary alicyclic amines) is 1. The van der Waals surface area contributed by atoms with E-state index < -0.39 is 6.61 Å². The Kier molecular flexibility index (Phi) is 6.46. The summed E-state index contributed by atoms with van der Waals surface area (Å²) in [5.74, 6) is -0.345. The van der Waals surface area contributed by atoms with Crippen LogP contribution in [0.2, 0.25) is 0 Å². The number of piperidine rings is 1. The molecule has 1 N–H and O–H groups in total. The number of carbonyl (C=O) groups excluding carboxylic acids is 1. The van der Waals surface area contributed by atoms with Crippen molar-refractivity contribution in [2.75, 3.05) is 33.3 Å². The first-order chi connectivity index (χ1) is 11.5. The lowest BCUT2D eigenvalue weighted by Gasteiger charge is -2.39. The first kappa shape index (κ1) is 19.7. The Morgan fingerprint density at radius 2 is 2.00 bits per heavy atom. The Bertz CT molecular complexity index is 600. The summed E-state index contributed by atoms with van der Waals surface area (Å²) in [7, 11) is 1.36. The molecular formula is C17H23ClF2N2O3. The van der Waals surface area contributed by atoms with Crippen molar-refractivity contribution in [2.45, 2.75) is 25.9 Å². The van der Waals surface area contributed by atoms with Gasteiger partial charge in [0.15, 0.2) is 11.5 Å². The first-order valence-corrected chi connectivity index (χ1v) is 8.16. The maximum Gasteiger partial charge on any atom is 0.387 e. The second kappa shape index (κ2) is 8.19. The van der Waals surface area contributed by atoms with Crippen LogP contribution in [0.4, 0.5) is 8.78 Å². The van der Waals surface area contributed by atoms with Crippen LogP contribution in [0.3, 0.4) is 0 Å². The zero-order valence-electron chi connectivity index (χ0n) is 14.1. The largest absolute Gasteiger partial charge is 0.493 e. The van der Waals surface area contributed by atoms with Crippen molar-refractivity contribution < 1.29 is 23.0 Å². The van der Waals surface area contributed by atoms with Crippen LogP contribution in [0.5, 0.6) is 11.5 Å². The molecule has 2 aliphatic rings. The van der Waals surface area contributed by atoms with Gasteiger partial charge in [-0.2, -0.15) is 8.78 Å². The molecule has 3 rings (SSSR count). The van der Waals surface area contributed by atoms with Crippen molar-refractivity contribution in [2.24, 2.45) is 5.41 Å². The normalized spacial score (nSPS) is 19.0. The Hall–Kier alpha value is -1.60. The summed E-state index contributed by atoms with van der Waals surface area (Å²) in [5, 5.41) is 3.38. The summed E-state index contributed by atoms with van der Waals surface area (Å²) in [4.78, 5) is 14.5. The predicted molar refractivity (Wildman–Crippen MR) is 91.9 cm³/mol. The Labute approximate surface area is 152 Å². The second-order valence-corrected chi connectivity index (χ2v) is 6.43. The molecule has 0 radical (unpaired) electrons. The summed E-state index contributed by atoms with van der Waals surface area (Å²) in [5.41, 5.74) is 0.406. The zero-order valence-corrected chi connectivity index (χ0v) is 14.9. The number of methoxy groups -OCH3 is 1. The lowest BCUT2D eigenvalue weighted by Crippen LogP contribution is -2.44. The number of hydrogen-bond acceptors (Lipinski definition) is 4. The van der Waals surface area contributed by atoms with Crippen molar-refractivity contribution in [3.8, 4) is 11.5 Å². The van der Waals surface area contributed by atoms with E-state index >= 15 is 0 Å². The number of alkyl halides is 2. The molecule has 25 heavy (non-hydrogen) atoms. The van der Waals surface area contributed by atoms with Crippen molar-refractivity contribution >= 4 is 18.3 Å². The summed E-state index contributed by atoms with van der Waals surface area (Å²) >= 11 is 0. The van der Waals surface area contributed by atoms with Gasteiger partial charge in [0.1, 0.15) is 0 Å². The van der Waals surface area contributed by atoms with E-state index in [4.69, 9.17) is 4.74 Å². The molecule has 1 aromatic carbocycles. The van der Waals surface area contributed by atoms with Gasteiger partial charge in [-0.1, -0.05) is 6.07 Å². The van der Waals surface area contributed by atoms with Gasteiger partial charge in [-0.05, 0) is 43.4 Å². The van der Waals surface area contributed by atoms with Crippen LogP contribution >= 0.6 is 12.4 Å². The summed E-state index contributed by atoms with van der Waals surface area (Å²) in [6.07, 6.45) is 3.00. The van der Waals surface area contributed by atoms with Crippen LogP contribution in [0, 0.1) is 5.41 Å². The third kappa shape index (κ3) is 4.15. The molecule has 1 aromatic rings. The highest BCUT2D eigenvalue weighted by molar-refractivity contribution is 5.98. The van der Waals surface area contributed by atoms with E-state index in [0.717, 1.165) is 32.4 Å². The number of amides is 1. The SMILES string of the molecule is COc1cccc(C(=O)N2CCC3(CCNC3)CC2)c1OC(F)F.Cl. The van der Waals surface area contributed by atoms with Gasteiger partial charge in [-0.25, -0.2) is 0 Å². The number of nitrogens with zero attached hydrogens (tertiary/aromatic N) is 1. The molecule has 2 aliphatic heterocycles. The second-order valence-electron chi connectivity index (χ2n) is 6.43. The molecule has 2 heterocycles. The first-order valence-electron chi connectivity index (χ1n) is 8.16. The minimum absolute atomic E-state index is 0. The molecule has 2 saturated heterocycles.